The molecule has 0 aliphatic carbocycles. The second kappa shape index (κ2) is 6.21. The van der Waals surface area contributed by atoms with Gasteiger partial charge in [-0.2, -0.15) is 0 Å². The molecular formula is C12H14BrNO2S2. The van der Waals surface area contributed by atoms with E-state index in [2.05, 4.69) is 33.9 Å². The molecule has 1 aliphatic heterocycles. The minimum absolute atomic E-state index is 0.101. The summed E-state index contributed by atoms with van der Waals surface area (Å²) in [6.45, 7) is 0. The number of hydrogen-bond donors (Lipinski definition) is 2. The largest absolute Gasteiger partial charge is 0.349 e. The molecule has 1 aliphatic rings. The smallest absolute Gasteiger partial charge is 0.252 e. The number of benzene rings is 1. The summed E-state index contributed by atoms with van der Waals surface area (Å²) < 4.78 is 12.0. The predicted molar refractivity (Wildman–Crippen MR) is 79.8 cm³/mol. The second-order valence-corrected chi connectivity index (χ2v) is 7.33. The molecule has 0 aromatic heterocycles. The van der Waals surface area contributed by atoms with Crippen molar-refractivity contribution >= 4 is 45.3 Å². The van der Waals surface area contributed by atoms with Crippen LogP contribution in [0.1, 0.15) is 23.2 Å². The maximum Gasteiger partial charge on any atom is 0.252 e. The summed E-state index contributed by atoms with van der Waals surface area (Å²) in [7, 11) is -0.701. The molecule has 0 spiro atoms. The average molecular weight is 348 g/mol. The summed E-state index contributed by atoms with van der Waals surface area (Å²) in [4.78, 5) is 12.9. The molecule has 1 N–H and O–H groups in total. The number of nitrogens with one attached hydrogen (secondary N) is 1. The zero-order valence-corrected chi connectivity index (χ0v) is 13.0. The van der Waals surface area contributed by atoms with Gasteiger partial charge in [0.15, 0.2) is 0 Å². The quantitative estimate of drug-likeness (QED) is 0.806. The van der Waals surface area contributed by atoms with Gasteiger partial charge >= 0.3 is 0 Å². The minimum atomic E-state index is -0.701. The fourth-order valence-electron chi connectivity index (χ4n) is 1.89. The van der Waals surface area contributed by atoms with Crippen molar-refractivity contribution in [2.45, 2.75) is 23.8 Å². The van der Waals surface area contributed by atoms with E-state index >= 15 is 0 Å². The van der Waals surface area contributed by atoms with Gasteiger partial charge in [0.25, 0.3) is 5.91 Å². The molecule has 98 valence electrons. The van der Waals surface area contributed by atoms with Crippen LogP contribution in [0.4, 0.5) is 0 Å². The normalized spacial score (nSPS) is 23.7. The van der Waals surface area contributed by atoms with Gasteiger partial charge in [0.05, 0.1) is 5.56 Å². The fourth-order valence-corrected chi connectivity index (χ4v) is 3.82. The molecule has 1 aromatic carbocycles. The molecule has 0 radical (unpaired) electrons. The zero-order chi connectivity index (χ0) is 13.1. The number of carbonyl (C=O) groups is 1. The number of rotatable bonds is 2. The lowest BCUT2D eigenvalue weighted by Gasteiger charge is -2.22. The summed E-state index contributed by atoms with van der Waals surface area (Å²) in [5, 5.41) is 2.99. The second-order valence-electron chi connectivity index (χ2n) is 4.26. The van der Waals surface area contributed by atoms with E-state index in [-0.39, 0.29) is 11.9 Å². The van der Waals surface area contributed by atoms with Crippen LogP contribution in [-0.2, 0) is 10.8 Å². The maximum absolute atomic E-state index is 12.1. The van der Waals surface area contributed by atoms with Crippen molar-refractivity contribution in [1.29, 1.82) is 0 Å². The first-order valence-electron chi connectivity index (χ1n) is 5.70. The topological polar surface area (TPSA) is 46.2 Å². The van der Waals surface area contributed by atoms with E-state index in [0.29, 0.717) is 17.1 Å². The number of amides is 1. The van der Waals surface area contributed by atoms with E-state index in [0.717, 1.165) is 22.2 Å². The molecule has 0 unspecified atom stereocenters. The Morgan fingerprint density at radius 3 is 2.72 bits per heavy atom. The highest BCUT2D eigenvalue weighted by atomic mass is 79.9. The molecule has 1 heterocycles. The lowest BCUT2D eigenvalue weighted by molar-refractivity contribution is 0.0933. The SMILES string of the molecule is O=C(NC1CCS(=O)CC1)c1cc(S)ccc1Br. The highest BCUT2D eigenvalue weighted by molar-refractivity contribution is 9.10. The van der Waals surface area contributed by atoms with E-state index in [4.69, 9.17) is 0 Å². The highest BCUT2D eigenvalue weighted by Gasteiger charge is 2.21. The van der Waals surface area contributed by atoms with E-state index in [1.165, 1.54) is 0 Å². The van der Waals surface area contributed by atoms with Crippen molar-refractivity contribution in [1.82, 2.24) is 5.32 Å². The van der Waals surface area contributed by atoms with Crippen LogP contribution in [0.15, 0.2) is 27.6 Å². The summed E-state index contributed by atoms with van der Waals surface area (Å²) in [5.41, 5.74) is 0.592. The maximum atomic E-state index is 12.1. The Morgan fingerprint density at radius 1 is 1.39 bits per heavy atom. The Labute approximate surface area is 123 Å². The number of carbonyl (C=O) groups excluding carboxylic acids is 1. The van der Waals surface area contributed by atoms with E-state index in [9.17, 15) is 9.00 Å². The zero-order valence-electron chi connectivity index (χ0n) is 9.69. The van der Waals surface area contributed by atoms with Gasteiger partial charge in [-0.05, 0) is 47.0 Å². The Hall–Kier alpha value is -0.330. The van der Waals surface area contributed by atoms with Crippen LogP contribution >= 0.6 is 28.6 Å². The van der Waals surface area contributed by atoms with Crippen LogP contribution in [0, 0.1) is 0 Å². The predicted octanol–water partition coefficient (Wildman–Crippen LogP) is 2.38. The molecule has 2 rings (SSSR count). The Balaban J connectivity index is 2.03. The first-order chi connectivity index (χ1) is 8.56. The van der Waals surface area contributed by atoms with Gasteiger partial charge in [-0.15, -0.1) is 12.6 Å². The molecule has 1 amide bonds. The van der Waals surface area contributed by atoms with Gasteiger partial charge in [-0.3, -0.25) is 9.00 Å². The van der Waals surface area contributed by atoms with Crippen LogP contribution < -0.4 is 5.32 Å². The van der Waals surface area contributed by atoms with E-state index in [1.54, 1.807) is 6.07 Å². The first-order valence-corrected chi connectivity index (χ1v) is 8.43. The van der Waals surface area contributed by atoms with Crippen LogP contribution in [0.2, 0.25) is 0 Å². The van der Waals surface area contributed by atoms with E-state index < -0.39 is 10.8 Å². The molecule has 1 saturated heterocycles. The van der Waals surface area contributed by atoms with Crippen molar-refractivity contribution in [3.8, 4) is 0 Å². The van der Waals surface area contributed by atoms with Gasteiger partial charge in [-0.1, -0.05) is 0 Å². The molecular weight excluding hydrogens is 334 g/mol. The first kappa shape index (κ1) is 14.1. The Bertz CT molecular complexity index is 483. The average Bonchev–Trinajstić information content (AvgIpc) is 2.35. The van der Waals surface area contributed by atoms with Gasteiger partial charge < -0.3 is 5.32 Å². The number of thiol groups is 1. The molecule has 3 nitrogen and oxygen atoms in total. The summed E-state index contributed by atoms with van der Waals surface area (Å²) >= 11 is 7.59. The summed E-state index contributed by atoms with van der Waals surface area (Å²) in [6.07, 6.45) is 1.58. The number of halogens is 1. The van der Waals surface area contributed by atoms with Gasteiger partial charge in [0.1, 0.15) is 0 Å². The third-order valence-corrected chi connectivity index (χ3v) is 5.27. The molecule has 1 aromatic rings. The summed E-state index contributed by atoms with van der Waals surface area (Å²) in [5.74, 6) is 1.26. The Kier molecular flexibility index (Phi) is 4.86. The summed E-state index contributed by atoms with van der Waals surface area (Å²) in [6, 6.07) is 5.51. The van der Waals surface area contributed by atoms with Gasteiger partial charge in [-0.25, -0.2) is 0 Å². The van der Waals surface area contributed by atoms with E-state index in [1.807, 2.05) is 12.1 Å². The molecule has 18 heavy (non-hydrogen) atoms. The number of hydrogen-bond acceptors (Lipinski definition) is 3. The standard InChI is InChI=1S/C12H14BrNO2S2/c13-11-2-1-9(17)7-10(11)12(15)14-8-3-5-18(16)6-4-8/h1-2,7-8,17H,3-6H2,(H,14,15). The highest BCUT2D eigenvalue weighted by Crippen LogP contribution is 2.21. The van der Waals surface area contributed by atoms with Crippen molar-refractivity contribution in [3.63, 3.8) is 0 Å². The lowest BCUT2D eigenvalue weighted by Crippen LogP contribution is -2.39. The van der Waals surface area contributed by atoms with Crippen LogP contribution in [0.5, 0.6) is 0 Å². The molecule has 0 atom stereocenters. The van der Waals surface area contributed by atoms with Crippen molar-refractivity contribution < 1.29 is 9.00 Å². The van der Waals surface area contributed by atoms with Crippen LogP contribution in [-0.4, -0.2) is 27.7 Å². The fraction of sp³-hybridized carbons (Fsp3) is 0.417. The van der Waals surface area contributed by atoms with Gasteiger partial charge in [0.2, 0.25) is 0 Å². The Morgan fingerprint density at radius 2 is 2.06 bits per heavy atom. The van der Waals surface area contributed by atoms with Crippen molar-refractivity contribution in [2.75, 3.05) is 11.5 Å². The monoisotopic (exact) mass is 347 g/mol. The van der Waals surface area contributed by atoms with Crippen LogP contribution in [0.25, 0.3) is 0 Å². The molecule has 1 fully saturated rings. The molecule has 0 bridgehead atoms. The minimum Gasteiger partial charge on any atom is -0.349 e. The van der Waals surface area contributed by atoms with Crippen LogP contribution in [0.3, 0.4) is 0 Å². The van der Waals surface area contributed by atoms with Crippen molar-refractivity contribution in [3.05, 3.63) is 28.2 Å². The third kappa shape index (κ3) is 3.59. The third-order valence-electron chi connectivity index (χ3n) is 2.92. The molecule has 6 heteroatoms. The molecule has 0 saturated carbocycles. The lowest BCUT2D eigenvalue weighted by atomic mass is 10.1. The van der Waals surface area contributed by atoms with Gasteiger partial charge in [0, 0.05) is 37.7 Å². The van der Waals surface area contributed by atoms with Crippen molar-refractivity contribution in [2.24, 2.45) is 0 Å².